The van der Waals surface area contributed by atoms with Gasteiger partial charge in [0.15, 0.2) is 0 Å². The molecule has 0 saturated heterocycles. The Bertz CT molecular complexity index is 696. The van der Waals surface area contributed by atoms with Gasteiger partial charge in [-0.2, -0.15) is 0 Å². The first-order valence-electron chi connectivity index (χ1n) is 6.22. The molecule has 2 aromatic rings. The van der Waals surface area contributed by atoms with Crippen molar-refractivity contribution in [2.45, 2.75) is 5.75 Å². The van der Waals surface area contributed by atoms with Crippen molar-refractivity contribution in [1.29, 1.82) is 0 Å². The molecule has 0 aliphatic heterocycles. The fourth-order valence-electron chi connectivity index (χ4n) is 1.67. The normalized spacial score (nSPS) is 10.5. The van der Waals surface area contributed by atoms with Crippen LogP contribution in [-0.2, 0) is 10.5 Å². The number of benzene rings is 2. The molecule has 0 aromatic heterocycles. The second kappa shape index (κ2) is 7.69. The topological polar surface area (TPSA) is 29.1 Å². The molecule has 0 atom stereocenters. The van der Waals surface area contributed by atoms with Crippen LogP contribution in [0.5, 0.6) is 0 Å². The van der Waals surface area contributed by atoms with Crippen LogP contribution in [0.4, 0.5) is 18.9 Å². The molecule has 7 heteroatoms. The lowest BCUT2D eigenvalue weighted by Gasteiger charge is -2.07. The first-order chi connectivity index (χ1) is 10.5. The minimum atomic E-state index is -0.836. The van der Waals surface area contributed by atoms with Gasteiger partial charge in [-0.3, -0.25) is 4.79 Å². The lowest BCUT2D eigenvalue weighted by molar-refractivity contribution is -0.113. The summed E-state index contributed by atoms with van der Waals surface area (Å²) in [6.07, 6.45) is 0. The zero-order chi connectivity index (χ0) is 16.1. The van der Waals surface area contributed by atoms with Crippen LogP contribution in [0, 0.1) is 17.5 Å². The van der Waals surface area contributed by atoms with Gasteiger partial charge in [0.25, 0.3) is 0 Å². The number of carbonyl (C=O) groups is 1. The van der Waals surface area contributed by atoms with Crippen molar-refractivity contribution in [3.63, 3.8) is 0 Å². The quantitative estimate of drug-likeness (QED) is 0.799. The van der Waals surface area contributed by atoms with Gasteiger partial charge in [0.05, 0.1) is 11.4 Å². The molecule has 0 bridgehead atoms. The predicted molar refractivity (Wildman–Crippen MR) is 85.2 cm³/mol. The zero-order valence-corrected chi connectivity index (χ0v) is 13.6. The van der Waals surface area contributed by atoms with Crippen molar-refractivity contribution in [3.8, 4) is 0 Å². The van der Waals surface area contributed by atoms with Crippen LogP contribution in [0.2, 0.25) is 0 Å². The zero-order valence-electron chi connectivity index (χ0n) is 11.2. The Morgan fingerprint density at radius 3 is 2.55 bits per heavy atom. The molecule has 0 aliphatic rings. The van der Waals surface area contributed by atoms with Crippen molar-refractivity contribution in [2.75, 3.05) is 11.1 Å². The van der Waals surface area contributed by atoms with E-state index < -0.39 is 17.5 Å². The van der Waals surface area contributed by atoms with Crippen molar-refractivity contribution in [2.24, 2.45) is 0 Å². The summed E-state index contributed by atoms with van der Waals surface area (Å²) in [5.74, 6) is -1.99. The van der Waals surface area contributed by atoms with Gasteiger partial charge in [-0.25, -0.2) is 13.2 Å². The number of anilines is 1. The second-order valence-electron chi connectivity index (χ2n) is 4.40. The van der Waals surface area contributed by atoms with Crippen molar-refractivity contribution < 1.29 is 18.0 Å². The van der Waals surface area contributed by atoms with Gasteiger partial charge in [-0.1, -0.05) is 22.0 Å². The second-order valence-corrected chi connectivity index (χ2v) is 6.30. The number of halogens is 4. The van der Waals surface area contributed by atoms with Gasteiger partial charge in [-0.05, 0) is 29.8 Å². The van der Waals surface area contributed by atoms with E-state index in [1.165, 1.54) is 17.8 Å². The molecule has 0 unspecified atom stereocenters. The van der Waals surface area contributed by atoms with E-state index in [-0.39, 0.29) is 17.3 Å². The highest BCUT2D eigenvalue weighted by Crippen LogP contribution is 2.20. The Labute approximate surface area is 138 Å². The third-order valence-electron chi connectivity index (χ3n) is 2.71. The lowest BCUT2D eigenvalue weighted by atomic mass is 10.2. The maximum Gasteiger partial charge on any atom is 0.234 e. The number of hydrogen-bond donors (Lipinski definition) is 1. The van der Waals surface area contributed by atoms with E-state index >= 15 is 0 Å². The average molecular weight is 390 g/mol. The first kappa shape index (κ1) is 16.9. The molecule has 0 fully saturated rings. The van der Waals surface area contributed by atoms with E-state index in [9.17, 15) is 18.0 Å². The third-order valence-corrected chi connectivity index (χ3v) is 4.19. The monoisotopic (exact) mass is 389 g/mol. The van der Waals surface area contributed by atoms with Crippen LogP contribution in [0.15, 0.2) is 40.9 Å². The molecule has 0 saturated carbocycles. The highest BCUT2D eigenvalue weighted by atomic mass is 79.9. The summed E-state index contributed by atoms with van der Waals surface area (Å²) in [6, 6.07) is 7.60. The molecule has 0 aliphatic carbocycles. The Morgan fingerprint density at radius 1 is 1.09 bits per heavy atom. The van der Waals surface area contributed by atoms with Gasteiger partial charge in [0, 0.05) is 16.3 Å². The molecule has 2 nitrogen and oxygen atoms in total. The predicted octanol–water partition coefficient (Wildman–Crippen LogP) is 4.74. The van der Waals surface area contributed by atoms with Crippen LogP contribution in [0.3, 0.4) is 0 Å². The third kappa shape index (κ3) is 4.78. The maximum atomic E-state index is 13.6. The fourth-order valence-corrected chi connectivity index (χ4v) is 2.82. The van der Waals surface area contributed by atoms with E-state index in [2.05, 4.69) is 21.2 Å². The van der Waals surface area contributed by atoms with Crippen LogP contribution >= 0.6 is 27.7 Å². The van der Waals surface area contributed by atoms with Gasteiger partial charge in [-0.15, -0.1) is 11.8 Å². The van der Waals surface area contributed by atoms with Gasteiger partial charge < -0.3 is 5.32 Å². The molecule has 2 aromatic carbocycles. The van der Waals surface area contributed by atoms with E-state index in [1.54, 1.807) is 12.1 Å². The van der Waals surface area contributed by atoms with Gasteiger partial charge in [0.2, 0.25) is 5.91 Å². The van der Waals surface area contributed by atoms with Crippen LogP contribution in [0.1, 0.15) is 5.56 Å². The number of hydrogen-bond acceptors (Lipinski definition) is 2. The van der Waals surface area contributed by atoms with Gasteiger partial charge >= 0.3 is 0 Å². The fraction of sp³-hybridized carbons (Fsp3) is 0.133. The highest BCUT2D eigenvalue weighted by molar-refractivity contribution is 9.10. The summed E-state index contributed by atoms with van der Waals surface area (Å²) in [4.78, 5) is 11.7. The minimum Gasteiger partial charge on any atom is -0.323 e. The molecule has 116 valence electrons. The minimum absolute atomic E-state index is 0.0340. The van der Waals surface area contributed by atoms with Crippen molar-refractivity contribution in [1.82, 2.24) is 0 Å². The number of carbonyl (C=O) groups excluding carboxylic acids is 1. The van der Waals surface area contributed by atoms with Crippen LogP contribution in [-0.4, -0.2) is 11.7 Å². The first-order valence-corrected chi connectivity index (χ1v) is 8.17. The summed E-state index contributed by atoms with van der Waals surface area (Å²) in [7, 11) is 0. The summed E-state index contributed by atoms with van der Waals surface area (Å²) in [5, 5.41) is 2.34. The Hall–Kier alpha value is -1.47. The van der Waals surface area contributed by atoms with Crippen LogP contribution in [0.25, 0.3) is 0 Å². The largest absolute Gasteiger partial charge is 0.323 e. The Morgan fingerprint density at radius 2 is 1.86 bits per heavy atom. The highest BCUT2D eigenvalue weighted by Gasteiger charge is 2.09. The molecule has 1 N–H and O–H groups in total. The number of amides is 1. The number of thioether (sulfide) groups is 1. The van der Waals surface area contributed by atoms with Crippen LogP contribution < -0.4 is 5.32 Å². The standard InChI is InChI=1S/C15H11BrF3NOS/c16-10-2-1-9(12(18)5-10)7-22-8-15(21)20-14-4-3-11(17)6-13(14)19/h1-6H,7-8H2,(H,20,21). The molecular formula is C15H11BrF3NOS. The maximum absolute atomic E-state index is 13.6. The molecular weight excluding hydrogens is 379 g/mol. The number of rotatable bonds is 5. The summed E-state index contributed by atoms with van der Waals surface area (Å²) in [6.45, 7) is 0. The van der Waals surface area contributed by atoms with Gasteiger partial charge in [0.1, 0.15) is 17.5 Å². The van der Waals surface area contributed by atoms with E-state index in [0.717, 1.165) is 12.1 Å². The van der Waals surface area contributed by atoms with Crippen molar-refractivity contribution in [3.05, 3.63) is 63.9 Å². The molecule has 0 radical (unpaired) electrons. The smallest absolute Gasteiger partial charge is 0.234 e. The Kier molecular flexibility index (Phi) is 5.90. The van der Waals surface area contributed by atoms with E-state index in [4.69, 9.17) is 0 Å². The summed E-state index contributed by atoms with van der Waals surface area (Å²) < 4.78 is 40.3. The average Bonchev–Trinajstić information content (AvgIpc) is 2.44. The summed E-state index contributed by atoms with van der Waals surface area (Å²) >= 11 is 4.36. The van der Waals surface area contributed by atoms with E-state index in [1.807, 2.05) is 0 Å². The lowest BCUT2D eigenvalue weighted by Crippen LogP contribution is -2.15. The summed E-state index contributed by atoms with van der Waals surface area (Å²) in [5.41, 5.74) is 0.399. The van der Waals surface area contributed by atoms with Crippen molar-refractivity contribution >= 4 is 39.3 Å². The molecule has 22 heavy (non-hydrogen) atoms. The van der Waals surface area contributed by atoms with E-state index in [0.29, 0.717) is 21.9 Å². The number of nitrogens with one attached hydrogen (secondary N) is 1. The molecule has 0 heterocycles. The molecule has 1 amide bonds. The molecule has 0 spiro atoms. The Balaban J connectivity index is 1.85. The SMILES string of the molecule is O=C(CSCc1ccc(Br)cc1F)Nc1ccc(F)cc1F. The molecule has 2 rings (SSSR count).